The molecule has 0 aliphatic carbocycles. The third kappa shape index (κ3) is 4.15. The molecule has 1 amide bonds. The van der Waals surface area contributed by atoms with Crippen LogP contribution in [0.25, 0.3) is 0 Å². The van der Waals surface area contributed by atoms with Crippen molar-refractivity contribution in [2.24, 2.45) is 0 Å². The molecule has 2 rings (SSSR count). The number of nitrogens with one attached hydrogen (secondary N) is 2. The lowest BCUT2D eigenvalue weighted by molar-refractivity contribution is -0.114. The Morgan fingerprint density at radius 2 is 1.77 bits per heavy atom. The summed E-state index contributed by atoms with van der Waals surface area (Å²) < 4.78 is 10.5. The van der Waals surface area contributed by atoms with E-state index in [-0.39, 0.29) is 5.91 Å². The average molecular weight is 300 g/mol. The maximum atomic E-state index is 11.0. The Balaban J connectivity index is 2.02. The van der Waals surface area contributed by atoms with Crippen LogP contribution in [0.4, 0.5) is 11.4 Å². The SMILES string of the molecule is COc1ccc(NCc2ccc(NC(C)=O)cc2)c(OC)c1. The predicted molar refractivity (Wildman–Crippen MR) is 87.6 cm³/mol. The number of carbonyl (C=O) groups excluding carboxylic acids is 1. The third-order valence-corrected chi connectivity index (χ3v) is 3.17. The highest BCUT2D eigenvalue weighted by atomic mass is 16.5. The molecule has 0 bridgehead atoms. The summed E-state index contributed by atoms with van der Waals surface area (Å²) in [7, 11) is 3.25. The van der Waals surface area contributed by atoms with Gasteiger partial charge in [-0.25, -0.2) is 0 Å². The number of rotatable bonds is 6. The van der Waals surface area contributed by atoms with E-state index in [1.807, 2.05) is 42.5 Å². The topological polar surface area (TPSA) is 59.6 Å². The first-order chi connectivity index (χ1) is 10.6. The minimum Gasteiger partial charge on any atom is -0.497 e. The van der Waals surface area contributed by atoms with Crippen LogP contribution in [0.2, 0.25) is 0 Å². The number of hydrogen-bond donors (Lipinski definition) is 2. The largest absolute Gasteiger partial charge is 0.497 e. The molecule has 0 saturated heterocycles. The maximum absolute atomic E-state index is 11.0. The number of carbonyl (C=O) groups is 1. The second-order valence-electron chi connectivity index (χ2n) is 4.80. The van der Waals surface area contributed by atoms with Gasteiger partial charge in [0.1, 0.15) is 11.5 Å². The van der Waals surface area contributed by atoms with Gasteiger partial charge in [-0.3, -0.25) is 4.79 Å². The Morgan fingerprint density at radius 3 is 2.36 bits per heavy atom. The summed E-state index contributed by atoms with van der Waals surface area (Å²) in [5.74, 6) is 1.41. The Labute approximate surface area is 130 Å². The molecule has 0 fully saturated rings. The normalized spacial score (nSPS) is 9.95. The smallest absolute Gasteiger partial charge is 0.221 e. The number of ether oxygens (including phenoxy) is 2. The van der Waals surface area contributed by atoms with Gasteiger partial charge >= 0.3 is 0 Å². The molecule has 0 aliphatic rings. The van der Waals surface area contributed by atoms with Crippen molar-refractivity contribution >= 4 is 17.3 Å². The third-order valence-electron chi connectivity index (χ3n) is 3.17. The van der Waals surface area contributed by atoms with Gasteiger partial charge in [0.15, 0.2) is 0 Å². The van der Waals surface area contributed by atoms with E-state index < -0.39 is 0 Å². The number of anilines is 2. The summed E-state index contributed by atoms with van der Waals surface area (Å²) in [5.41, 5.74) is 2.79. The fraction of sp³-hybridized carbons (Fsp3) is 0.235. The van der Waals surface area contributed by atoms with Gasteiger partial charge < -0.3 is 20.1 Å². The fourth-order valence-electron chi connectivity index (χ4n) is 2.05. The van der Waals surface area contributed by atoms with Crippen LogP contribution in [-0.4, -0.2) is 20.1 Å². The molecule has 22 heavy (non-hydrogen) atoms. The van der Waals surface area contributed by atoms with Crippen molar-refractivity contribution in [3.8, 4) is 11.5 Å². The van der Waals surface area contributed by atoms with Crippen LogP contribution in [0.15, 0.2) is 42.5 Å². The van der Waals surface area contributed by atoms with Gasteiger partial charge in [-0.2, -0.15) is 0 Å². The highest BCUT2D eigenvalue weighted by Gasteiger charge is 2.05. The van der Waals surface area contributed by atoms with Gasteiger partial charge in [0.25, 0.3) is 0 Å². The molecule has 5 nitrogen and oxygen atoms in total. The lowest BCUT2D eigenvalue weighted by Gasteiger charge is -2.13. The number of hydrogen-bond acceptors (Lipinski definition) is 4. The van der Waals surface area contributed by atoms with Gasteiger partial charge in [0.2, 0.25) is 5.91 Å². The van der Waals surface area contributed by atoms with Crippen molar-refractivity contribution < 1.29 is 14.3 Å². The predicted octanol–water partition coefficient (Wildman–Crippen LogP) is 3.27. The van der Waals surface area contributed by atoms with Crippen molar-refractivity contribution in [1.82, 2.24) is 0 Å². The molecular weight excluding hydrogens is 280 g/mol. The summed E-state index contributed by atoms with van der Waals surface area (Å²) in [6.45, 7) is 2.15. The van der Waals surface area contributed by atoms with Crippen molar-refractivity contribution in [2.75, 3.05) is 24.9 Å². The van der Waals surface area contributed by atoms with Crippen LogP contribution in [-0.2, 0) is 11.3 Å². The lowest BCUT2D eigenvalue weighted by Crippen LogP contribution is -2.06. The summed E-state index contributed by atoms with van der Waals surface area (Å²) in [6.07, 6.45) is 0. The number of amides is 1. The van der Waals surface area contributed by atoms with Gasteiger partial charge in [-0.1, -0.05) is 12.1 Å². The summed E-state index contributed by atoms with van der Waals surface area (Å²) in [4.78, 5) is 11.0. The summed E-state index contributed by atoms with van der Waals surface area (Å²) in [5, 5.41) is 6.07. The van der Waals surface area contributed by atoms with Crippen molar-refractivity contribution in [3.05, 3.63) is 48.0 Å². The Hall–Kier alpha value is -2.69. The average Bonchev–Trinajstić information content (AvgIpc) is 2.53. The number of benzene rings is 2. The molecule has 2 aromatic carbocycles. The minimum atomic E-state index is -0.0751. The van der Waals surface area contributed by atoms with Crippen molar-refractivity contribution in [2.45, 2.75) is 13.5 Å². The zero-order chi connectivity index (χ0) is 15.9. The molecule has 0 aromatic heterocycles. The van der Waals surface area contributed by atoms with Crippen LogP contribution in [0.1, 0.15) is 12.5 Å². The fourth-order valence-corrected chi connectivity index (χ4v) is 2.05. The number of methoxy groups -OCH3 is 2. The first kappa shape index (κ1) is 15.7. The Morgan fingerprint density at radius 1 is 1.05 bits per heavy atom. The molecule has 0 aliphatic heterocycles. The summed E-state index contributed by atoms with van der Waals surface area (Å²) in [6, 6.07) is 13.3. The molecule has 5 heteroatoms. The second kappa shape index (κ2) is 7.36. The van der Waals surface area contributed by atoms with Gasteiger partial charge in [0.05, 0.1) is 19.9 Å². The molecular formula is C17H20N2O3. The van der Waals surface area contributed by atoms with E-state index in [4.69, 9.17) is 9.47 Å². The molecule has 0 radical (unpaired) electrons. The van der Waals surface area contributed by atoms with Crippen LogP contribution >= 0.6 is 0 Å². The first-order valence-corrected chi connectivity index (χ1v) is 6.95. The Kier molecular flexibility index (Phi) is 5.25. The molecule has 0 spiro atoms. The van der Waals surface area contributed by atoms with Crippen molar-refractivity contribution in [3.63, 3.8) is 0 Å². The van der Waals surface area contributed by atoms with E-state index in [1.54, 1.807) is 14.2 Å². The molecule has 2 aromatic rings. The first-order valence-electron chi connectivity index (χ1n) is 6.95. The highest BCUT2D eigenvalue weighted by Crippen LogP contribution is 2.29. The van der Waals surface area contributed by atoms with E-state index in [9.17, 15) is 4.79 Å². The highest BCUT2D eigenvalue weighted by molar-refractivity contribution is 5.88. The molecule has 2 N–H and O–H groups in total. The van der Waals surface area contributed by atoms with Crippen LogP contribution in [0.3, 0.4) is 0 Å². The summed E-state index contributed by atoms with van der Waals surface area (Å²) >= 11 is 0. The standard InChI is InChI=1S/C17H20N2O3/c1-12(20)19-14-6-4-13(5-7-14)11-18-16-9-8-15(21-2)10-17(16)22-3/h4-10,18H,11H2,1-3H3,(H,19,20). The maximum Gasteiger partial charge on any atom is 0.221 e. The zero-order valence-corrected chi connectivity index (χ0v) is 13.0. The second-order valence-corrected chi connectivity index (χ2v) is 4.80. The molecule has 0 atom stereocenters. The van der Waals surface area contributed by atoms with Gasteiger partial charge in [-0.15, -0.1) is 0 Å². The molecule has 0 heterocycles. The van der Waals surface area contributed by atoms with E-state index in [0.29, 0.717) is 6.54 Å². The molecule has 116 valence electrons. The van der Waals surface area contributed by atoms with Crippen LogP contribution < -0.4 is 20.1 Å². The van der Waals surface area contributed by atoms with Crippen LogP contribution in [0, 0.1) is 0 Å². The minimum absolute atomic E-state index is 0.0751. The van der Waals surface area contributed by atoms with Crippen LogP contribution in [0.5, 0.6) is 11.5 Å². The van der Waals surface area contributed by atoms with Crippen molar-refractivity contribution in [1.29, 1.82) is 0 Å². The van der Waals surface area contributed by atoms with Gasteiger partial charge in [-0.05, 0) is 29.8 Å². The molecule has 0 unspecified atom stereocenters. The zero-order valence-electron chi connectivity index (χ0n) is 13.0. The van der Waals surface area contributed by atoms with E-state index in [2.05, 4.69) is 10.6 Å². The van der Waals surface area contributed by atoms with E-state index in [1.165, 1.54) is 6.92 Å². The monoisotopic (exact) mass is 300 g/mol. The van der Waals surface area contributed by atoms with E-state index >= 15 is 0 Å². The lowest BCUT2D eigenvalue weighted by atomic mass is 10.2. The van der Waals surface area contributed by atoms with E-state index in [0.717, 1.165) is 28.4 Å². The molecule has 0 saturated carbocycles. The Bertz CT molecular complexity index is 639. The quantitative estimate of drug-likeness (QED) is 0.859. The van der Waals surface area contributed by atoms with Gasteiger partial charge in [0, 0.05) is 25.2 Å².